The standard InChI is InChI=1S/C17H19FN2O4/c18-12-2-1-3-13(10-12)20-15(21)11-14(16(20)22)19-6-4-17(5-7-19)23-8-9-24-17/h1-3,10,14H,4-9,11H2/t14-/m0/s1. The maximum atomic E-state index is 13.4. The monoisotopic (exact) mass is 334 g/mol. The predicted molar refractivity (Wildman–Crippen MR) is 82.7 cm³/mol. The fourth-order valence-electron chi connectivity index (χ4n) is 3.75. The molecular formula is C17H19FN2O4. The second-order valence-corrected chi connectivity index (χ2v) is 6.41. The fourth-order valence-corrected chi connectivity index (χ4v) is 3.75. The van der Waals surface area contributed by atoms with Gasteiger partial charge in [-0.25, -0.2) is 9.29 Å². The molecule has 3 saturated heterocycles. The van der Waals surface area contributed by atoms with E-state index in [9.17, 15) is 14.0 Å². The molecule has 3 fully saturated rings. The first-order valence-corrected chi connectivity index (χ1v) is 8.22. The van der Waals surface area contributed by atoms with Crippen molar-refractivity contribution in [3.63, 3.8) is 0 Å². The normalized spacial score (nSPS) is 27.4. The molecule has 3 aliphatic rings. The number of nitrogens with zero attached hydrogens (tertiary/aromatic N) is 2. The minimum Gasteiger partial charge on any atom is -0.347 e. The van der Waals surface area contributed by atoms with Crippen LogP contribution in [0, 0.1) is 5.82 Å². The smallest absolute Gasteiger partial charge is 0.251 e. The largest absolute Gasteiger partial charge is 0.347 e. The number of likely N-dealkylation sites (tertiary alicyclic amines) is 1. The molecule has 1 aromatic rings. The molecule has 0 radical (unpaired) electrons. The molecule has 2 amide bonds. The number of piperidine rings is 1. The maximum absolute atomic E-state index is 13.4. The van der Waals surface area contributed by atoms with Crippen molar-refractivity contribution >= 4 is 17.5 Å². The third-order valence-electron chi connectivity index (χ3n) is 5.00. The van der Waals surface area contributed by atoms with Crippen LogP contribution >= 0.6 is 0 Å². The Balaban J connectivity index is 1.48. The Morgan fingerprint density at radius 1 is 1.12 bits per heavy atom. The van der Waals surface area contributed by atoms with Crippen LogP contribution in [0.3, 0.4) is 0 Å². The number of benzene rings is 1. The summed E-state index contributed by atoms with van der Waals surface area (Å²) in [5.41, 5.74) is 0.295. The zero-order chi connectivity index (χ0) is 16.7. The summed E-state index contributed by atoms with van der Waals surface area (Å²) < 4.78 is 24.8. The lowest BCUT2D eigenvalue weighted by Crippen LogP contribution is -2.51. The Morgan fingerprint density at radius 3 is 2.50 bits per heavy atom. The molecule has 1 atom stereocenters. The van der Waals surface area contributed by atoms with E-state index in [2.05, 4.69) is 0 Å². The Hall–Kier alpha value is -1.83. The van der Waals surface area contributed by atoms with Gasteiger partial charge in [0.1, 0.15) is 5.82 Å². The highest BCUT2D eigenvalue weighted by atomic mass is 19.1. The van der Waals surface area contributed by atoms with Crippen molar-refractivity contribution < 1.29 is 23.5 Å². The lowest BCUT2D eigenvalue weighted by Gasteiger charge is -2.39. The lowest BCUT2D eigenvalue weighted by molar-refractivity contribution is -0.188. The van der Waals surface area contributed by atoms with Gasteiger partial charge in [-0.3, -0.25) is 14.5 Å². The average molecular weight is 334 g/mol. The van der Waals surface area contributed by atoms with Crippen molar-refractivity contribution in [2.24, 2.45) is 0 Å². The molecule has 0 saturated carbocycles. The van der Waals surface area contributed by atoms with Crippen LogP contribution in [0.2, 0.25) is 0 Å². The number of hydrogen-bond donors (Lipinski definition) is 0. The van der Waals surface area contributed by atoms with E-state index in [1.54, 1.807) is 6.07 Å². The van der Waals surface area contributed by atoms with Gasteiger partial charge in [0.05, 0.1) is 31.4 Å². The molecule has 6 nitrogen and oxygen atoms in total. The second kappa shape index (κ2) is 5.91. The first kappa shape index (κ1) is 15.7. The Morgan fingerprint density at radius 2 is 1.83 bits per heavy atom. The molecule has 0 aliphatic carbocycles. The van der Waals surface area contributed by atoms with E-state index in [4.69, 9.17) is 9.47 Å². The van der Waals surface area contributed by atoms with Crippen LogP contribution in [0.4, 0.5) is 10.1 Å². The van der Waals surface area contributed by atoms with E-state index in [1.807, 2.05) is 4.90 Å². The van der Waals surface area contributed by atoms with Gasteiger partial charge in [-0.05, 0) is 18.2 Å². The van der Waals surface area contributed by atoms with E-state index in [0.717, 1.165) is 4.90 Å². The highest BCUT2D eigenvalue weighted by Crippen LogP contribution is 2.34. The molecule has 1 aromatic carbocycles. The van der Waals surface area contributed by atoms with Gasteiger partial charge in [-0.1, -0.05) is 6.07 Å². The molecular weight excluding hydrogens is 315 g/mol. The molecule has 7 heteroatoms. The molecule has 3 heterocycles. The van der Waals surface area contributed by atoms with Gasteiger partial charge in [0, 0.05) is 25.9 Å². The first-order chi connectivity index (χ1) is 11.6. The quantitative estimate of drug-likeness (QED) is 0.763. The number of ether oxygens (including phenoxy) is 2. The topological polar surface area (TPSA) is 59.1 Å². The minimum atomic E-state index is -0.510. The molecule has 128 valence electrons. The number of carbonyl (C=O) groups excluding carboxylic acids is 2. The highest BCUT2D eigenvalue weighted by molar-refractivity contribution is 6.22. The first-order valence-electron chi connectivity index (χ1n) is 8.22. The van der Waals surface area contributed by atoms with Crippen LogP contribution in [0.5, 0.6) is 0 Å². The lowest BCUT2D eigenvalue weighted by atomic mass is 10.0. The van der Waals surface area contributed by atoms with Crippen LogP contribution in [-0.4, -0.2) is 54.8 Å². The van der Waals surface area contributed by atoms with Gasteiger partial charge in [0.2, 0.25) is 5.91 Å². The molecule has 4 rings (SSSR count). The van der Waals surface area contributed by atoms with E-state index in [1.165, 1.54) is 18.2 Å². The minimum absolute atomic E-state index is 0.129. The Labute approximate surface area is 139 Å². The summed E-state index contributed by atoms with van der Waals surface area (Å²) in [6.07, 6.45) is 1.50. The molecule has 1 spiro atoms. The summed E-state index contributed by atoms with van der Waals surface area (Å²) in [5.74, 6) is -1.55. The van der Waals surface area contributed by atoms with Crippen LogP contribution < -0.4 is 4.90 Å². The Bertz CT molecular complexity index is 664. The van der Waals surface area contributed by atoms with Crippen LogP contribution in [0.15, 0.2) is 24.3 Å². The van der Waals surface area contributed by atoms with Crippen LogP contribution in [-0.2, 0) is 19.1 Å². The molecule has 3 aliphatic heterocycles. The summed E-state index contributed by atoms with van der Waals surface area (Å²) in [6.45, 7) is 2.49. The van der Waals surface area contributed by atoms with Gasteiger partial charge < -0.3 is 9.47 Å². The summed E-state index contributed by atoms with van der Waals surface area (Å²) in [7, 11) is 0. The van der Waals surface area contributed by atoms with Crippen LogP contribution in [0.25, 0.3) is 0 Å². The van der Waals surface area contributed by atoms with Gasteiger partial charge in [0.25, 0.3) is 5.91 Å². The van der Waals surface area contributed by atoms with Crippen molar-refractivity contribution in [3.05, 3.63) is 30.1 Å². The third-order valence-corrected chi connectivity index (χ3v) is 5.00. The van der Waals surface area contributed by atoms with Crippen molar-refractivity contribution in [1.29, 1.82) is 0 Å². The Kier molecular flexibility index (Phi) is 3.86. The van der Waals surface area contributed by atoms with E-state index in [-0.39, 0.29) is 18.2 Å². The van der Waals surface area contributed by atoms with Crippen molar-refractivity contribution in [2.75, 3.05) is 31.2 Å². The molecule has 0 bridgehead atoms. The number of amides is 2. The van der Waals surface area contributed by atoms with Gasteiger partial charge in [-0.2, -0.15) is 0 Å². The third kappa shape index (κ3) is 2.62. The van der Waals surface area contributed by atoms with Crippen molar-refractivity contribution in [2.45, 2.75) is 31.1 Å². The number of halogens is 1. The van der Waals surface area contributed by atoms with E-state index >= 15 is 0 Å². The zero-order valence-electron chi connectivity index (χ0n) is 13.2. The van der Waals surface area contributed by atoms with Gasteiger partial charge >= 0.3 is 0 Å². The van der Waals surface area contributed by atoms with Crippen LogP contribution in [0.1, 0.15) is 19.3 Å². The van der Waals surface area contributed by atoms with Gasteiger partial charge in [-0.15, -0.1) is 0 Å². The fraction of sp³-hybridized carbons (Fsp3) is 0.529. The SMILES string of the molecule is O=C1C[C@H](N2CCC3(CC2)OCCO3)C(=O)N1c1cccc(F)c1. The predicted octanol–water partition coefficient (Wildman–Crippen LogP) is 1.30. The van der Waals surface area contributed by atoms with E-state index < -0.39 is 17.6 Å². The number of rotatable bonds is 2. The highest BCUT2D eigenvalue weighted by Gasteiger charge is 2.47. The molecule has 0 N–H and O–H groups in total. The maximum Gasteiger partial charge on any atom is 0.251 e. The average Bonchev–Trinajstić information content (AvgIpc) is 3.13. The van der Waals surface area contributed by atoms with Crippen molar-refractivity contribution in [1.82, 2.24) is 4.90 Å². The zero-order valence-corrected chi connectivity index (χ0v) is 13.2. The number of carbonyl (C=O) groups is 2. The number of anilines is 1. The van der Waals surface area contributed by atoms with Crippen molar-refractivity contribution in [3.8, 4) is 0 Å². The summed E-state index contributed by atoms with van der Waals surface area (Å²) in [4.78, 5) is 28.1. The number of imide groups is 1. The summed E-state index contributed by atoms with van der Waals surface area (Å²) in [5, 5.41) is 0. The molecule has 0 unspecified atom stereocenters. The van der Waals surface area contributed by atoms with E-state index in [0.29, 0.717) is 44.8 Å². The molecule has 24 heavy (non-hydrogen) atoms. The van der Waals surface area contributed by atoms with Gasteiger partial charge in [0.15, 0.2) is 5.79 Å². The number of hydrogen-bond acceptors (Lipinski definition) is 5. The summed E-state index contributed by atoms with van der Waals surface area (Å²) >= 11 is 0. The second-order valence-electron chi connectivity index (χ2n) is 6.41. The summed E-state index contributed by atoms with van der Waals surface area (Å²) in [6, 6.07) is 5.09. The molecule has 0 aromatic heterocycles.